The van der Waals surface area contributed by atoms with Crippen molar-refractivity contribution in [2.45, 2.75) is 17.3 Å². The van der Waals surface area contributed by atoms with E-state index in [-0.39, 0.29) is 11.2 Å². The van der Waals surface area contributed by atoms with Crippen LogP contribution in [0.1, 0.15) is 6.92 Å². The first-order chi connectivity index (χ1) is 12.7. The molecule has 4 aromatic rings. The number of amides is 1. The van der Waals surface area contributed by atoms with E-state index in [4.69, 9.17) is 9.15 Å². The molecule has 0 bridgehead atoms. The van der Waals surface area contributed by atoms with Gasteiger partial charge >= 0.3 is 0 Å². The van der Waals surface area contributed by atoms with Gasteiger partial charge in [-0.15, -0.1) is 0 Å². The summed E-state index contributed by atoms with van der Waals surface area (Å²) in [5, 5.41) is 11.6. The Labute approximate surface area is 153 Å². The molecule has 0 saturated carbocycles. The molecule has 26 heavy (non-hydrogen) atoms. The molecule has 0 fully saturated rings. The van der Waals surface area contributed by atoms with Gasteiger partial charge in [0.05, 0.1) is 18.0 Å². The van der Waals surface area contributed by atoms with Gasteiger partial charge in [-0.1, -0.05) is 30.0 Å². The standard InChI is InChI=1S/C18H16N4O3S/c1-10(26-18-19-9-20-22-18)17(23)21-13-8-15-12(7-16(13)24-2)11-5-3-4-6-14(11)25-15/h3-10H,1-2H3,(H,21,23)(H,19,20,22). The lowest BCUT2D eigenvalue weighted by molar-refractivity contribution is -0.115. The van der Waals surface area contributed by atoms with Crippen molar-refractivity contribution in [1.29, 1.82) is 0 Å². The molecule has 0 saturated heterocycles. The summed E-state index contributed by atoms with van der Waals surface area (Å²) in [6, 6.07) is 11.5. The van der Waals surface area contributed by atoms with Gasteiger partial charge in [-0.05, 0) is 19.1 Å². The third kappa shape index (κ3) is 2.99. The van der Waals surface area contributed by atoms with Gasteiger partial charge in [0.1, 0.15) is 23.2 Å². The summed E-state index contributed by atoms with van der Waals surface area (Å²) in [6.07, 6.45) is 1.41. The molecule has 2 aromatic carbocycles. The highest BCUT2D eigenvalue weighted by Gasteiger charge is 2.19. The SMILES string of the molecule is COc1cc2c(cc1NC(=O)C(C)Sc1ncn[nH]1)oc1ccccc12. The highest BCUT2D eigenvalue weighted by atomic mass is 32.2. The van der Waals surface area contributed by atoms with E-state index in [0.29, 0.717) is 22.2 Å². The van der Waals surface area contributed by atoms with E-state index in [0.717, 1.165) is 16.4 Å². The van der Waals surface area contributed by atoms with Crippen molar-refractivity contribution in [1.82, 2.24) is 15.2 Å². The van der Waals surface area contributed by atoms with Crippen LogP contribution in [-0.4, -0.2) is 33.4 Å². The number of carbonyl (C=O) groups excluding carboxylic acids is 1. The van der Waals surface area contributed by atoms with Gasteiger partial charge < -0.3 is 14.5 Å². The van der Waals surface area contributed by atoms with Gasteiger partial charge in [-0.25, -0.2) is 4.98 Å². The summed E-state index contributed by atoms with van der Waals surface area (Å²) < 4.78 is 11.4. The number of hydrogen-bond acceptors (Lipinski definition) is 6. The smallest absolute Gasteiger partial charge is 0.237 e. The number of nitrogens with zero attached hydrogens (tertiary/aromatic N) is 2. The zero-order valence-corrected chi connectivity index (χ0v) is 15.0. The van der Waals surface area contributed by atoms with Crippen molar-refractivity contribution < 1.29 is 13.9 Å². The van der Waals surface area contributed by atoms with Crippen LogP contribution >= 0.6 is 11.8 Å². The minimum Gasteiger partial charge on any atom is -0.495 e. The zero-order chi connectivity index (χ0) is 18.1. The van der Waals surface area contributed by atoms with Crippen LogP contribution < -0.4 is 10.1 Å². The second-order valence-corrected chi connectivity index (χ2v) is 7.02. The van der Waals surface area contributed by atoms with Crippen molar-refractivity contribution in [3.8, 4) is 5.75 Å². The quantitative estimate of drug-likeness (QED) is 0.520. The van der Waals surface area contributed by atoms with Crippen LogP contribution in [0.2, 0.25) is 0 Å². The molecule has 2 N–H and O–H groups in total. The molecule has 2 heterocycles. The summed E-state index contributed by atoms with van der Waals surface area (Å²) in [5.74, 6) is 0.412. The Morgan fingerprint density at radius 1 is 1.27 bits per heavy atom. The van der Waals surface area contributed by atoms with Crippen LogP contribution in [0.15, 0.2) is 52.3 Å². The van der Waals surface area contributed by atoms with E-state index >= 15 is 0 Å². The summed E-state index contributed by atoms with van der Waals surface area (Å²) in [4.78, 5) is 16.6. The maximum Gasteiger partial charge on any atom is 0.237 e. The predicted molar refractivity (Wildman–Crippen MR) is 101 cm³/mol. The van der Waals surface area contributed by atoms with E-state index in [1.165, 1.54) is 18.1 Å². The van der Waals surface area contributed by atoms with E-state index in [2.05, 4.69) is 20.5 Å². The van der Waals surface area contributed by atoms with Crippen molar-refractivity contribution in [2.75, 3.05) is 12.4 Å². The van der Waals surface area contributed by atoms with Gasteiger partial charge in [0.25, 0.3) is 0 Å². The average Bonchev–Trinajstić information content (AvgIpc) is 3.27. The number of aromatic amines is 1. The first-order valence-corrected chi connectivity index (χ1v) is 8.86. The molecule has 0 aliphatic rings. The number of methoxy groups -OCH3 is 1. The number of anilines is 1. The van der Waals surface area contributed by atoms with E-state index in [1.54, 1.807) is 20.1 Å². The van der Waals surface area contributed by atoms with Crippen LogP contribution in [-0.2, 0) is 4.79 Å². The lowest BCUT2D eigenvalue weighted by atomic mass is 10.1. The molecule has 4 rings (SSSR count). The number of fused-ring (bicyclic) bond motifs is 3. The average molecular weight is 368 g/mol. The zero-order valence-electron chi connectivity index (χ0n) is 14.1. The van der Waals surface area contributed by atoms with Crippen molar-refractivity contribution in [2.24, 2.45) is 0 Å². The third-order valence-corrected chi connectivity index (χ3v) is 4.99. The number of carbonyl (C=O) groups is 1. The molecule has 1 atom stereocenters. The first kappa shape index (κ1) is 16.5. The normalized spacial score (nSPS) is 12.4. The number of para-hydroxylation sites is 1. The maximum atomic E-state index is 12.5. The number of hydrogen-bond donors (Lipinski definition) is 2. The Morgan fingerprint density at radius 3 is 2.88 bits per heavy atom. The second kappa shape index (κ2) is 6.72. The largest absolute Gasteiger partial charge is 0.495 e. The summed E-state index contributed by atoms with van der Waals surface area (Å²) in [6.45, 7) is 1.80. The highest BCUT2D eigenvalue weighted by Crippen LogP contribution is 2.36. The van der Waals surface area contributed by atoms with Gasteiger partial charge in [-0.3, -0.25) is 9.89 Å². The molecule has 132 valence electrons. The second-order valence-electron chi connectivity index (χ2n) is 5.69. The number of furan rings is 1. The van der Waals surface area contributed by atoms with Gasteiger partial charge in [-0.2, -0.15) is 5.10 Å². The molecule has 1 amide bonds. The minimum atomic E-state index is -0.362. The lowest BCUT2D eigenvalue weighted by Crippen LogP contribution is -2.22. The Bertz CT molecular complexity index is 1070. The summed E-state index contributed by atoms with van der Waals surface area (Å²) >= 11 is 1.29. The topological polar surface area (TPSA) is 93.0 Å². The fourth-order valence-electron chi connectivity index (χ4n) is 2.72. The highest BCUT2D eigenvalue weighted by molar-refractivity contribution is 8.00. The summed E-state index contributed by atoms with van der Waals surface area (Å²) in [5.41, 5.74) is 2.05. The number of ether oxygens (including phenoxy) is 1. The molecule has 0 radical (unpaired) electrons. The van der Waals surface area contributed by atoms with E-state index < -0.39 is 0 Å². The van der Waals surface area contributed by atoms with Crippen LogP contribution in [0.25, 0.3) is 21.9 Å². The fourth-order valence-corrected chi connectivity index (χ4v) is 3.44. The van der Waals surface area contributed by atoms with Crippen LogP contribution in [0.3, 0.4) is 0 Å². The van der Waals surface area contributed by atoms with Gasteiger partial charge in [0.2, 0.25) is 5.91 Å². The molecular weight excluding hydrogens is 352 g/mol. The molecule has 0 aliphatic carbocycles. The molecule has 8 heteroatoms. The lowest BCUT2D eigenvalue weighted by Gasteiger charge is -2.13. The predicted octanol–water partition coefficient (Wildman–Crippen LogP) is 3.83. The number of rotatable bonds is 5. The van der Waals surface area contributed by atoms with Crippen LogP contribution in [0, 0.1) is 0 Å². The Hall–Kier alpha value is -3.00. The fraction of sp³-hybridized carbons (Fsp3) is 0.167. The maximum absolute atomic E-state index is 12.5. The van der Waals surface area contributed by atoms with Crippen molar-refractivity contribution in [3.63, 3.8) is 0 Å². The molecule has 0 spiro atoms. The minimum absolute atomic E-state index is 0.167. The number of H-pyrrole nitrogens is 1. The monoisotopic (exact) mass is 368 g/mol. The van der Waals surface area contributed by atoms with Crippen LogP contribution in [0.5, 0.6) is 5.75 Å². The first-order valence-electron chi connectivity index (χ1n) is 7.98. The number of benzene rings is 2. The Morgan fingerprint density at radius 2 is 2.12 bits per heavy atom. The van der Waals surface area contributed by atoms with Crippen molar-refractivity contribution >= 4 is 45.3 Å². The Balaban J connectivity index is 1.64. The number of aromatic nitrogens is 3. The summed E-state index contributed by atoms with van der Waals surface area (Å²) in [7, 11) is 1.58. The van der Waals surface area contributed by atoms with E-state index in [1.807, 2.05) is 30.3 Å². The van der Waals surface area contributed by atoms with Crippen LogP contribution in [0.4, 0.5) is 5.69 Å². The number of nitrogens with one attached hydrogen (secondary N) is 2. The Kier molecular flexibility index (Phi) is 4.26. The van der Waals surface area contributed by atoms with Gasteiger partial charge in [0.15, 0.2) is 5.16 Å². The van der Waals surface area contributed by atoms with Gasteiger partial charge in [0, 0.05) is 16.8 Å². The van der Waals surface area contributed by atoms with E-state index in [9.17, 15) is 4.79 Å². The van der Waals surface area contributed by atoms with Crippen molar-refractivity contribution in [3.05, 3.63) is 42.7 Å². The molecule has 7 nitrogen and oxygen atoms in total. The molecule has 1 unspecified atom stereocenters. The third-order valence-electron chi connectivity index (χ3n) is 4.01. The molecular formula is C18H16N4O3S. The number of thioether (sulfide) groups is 1. The molecule has 2 aromatic heterocycles. The molecule has 0 aliphatic heterocycles.